The summed E-state index contributed by atoms with van der Waals surface area (Å²) in [5.41, 5.74) is 5.30. The molecule has 0 radical (unpaired) electrons. The molecule has 2 N–H and O–H groups in total. The normalized spacial score (nSPS) is 22.5. The fourth-order valence-corrected chi connectivity index (χ4v) is 10.6. The van der Waals surface area contributed by atoms with E-state index < -0.39 is 11.5 Å². The molecule has 2 amide bonds. The Hall–Kier alpha value is -3.37. The average Bonchev–Trinajstić information content (AvgIpc) is 3.90. The van der Waals surface area contributed by atoms with Crippen molar-refractivity contribution in [3.8, 4) is 11.3 Å². The van der Waals surface area contributed by atoms with Gasteiger partial charge in [0.15, 0.2) is 0 Å². The summed E-state index contributed by atoms with van der Waals surface area (Å²) in [5.74, 6) is 2.29. The van der Waals surface area contributed by atoms with Crippen molar-refractivity contribution in [1.82, 2.24) is 20.1 Å². The Kier molecular flexibility index (Phi) is 10.8. The highest BCUT2D eigenvalue weighted by atomic mass is 32.1. The smallest absolute Gasteiger partial charge is 0.414 e. The number of fused-ring (bicyclic) bond motifs is 3. The number of aryl methyl sites for hydroxylation is 2. The van der Waals surface area contributed by atoms with Crippen LogP contribution in [0.2, 0.25) is 0 Å². The van der Waals surface area contributed by atoms with Crippen molar-refractivity contribution in [2.75, 3.05) is 32.8 Å². The van der Waals surface area contributed by atoms with E-state index in [4.69, 9.17) is 14.5 Å². The highest BCUT2D eigenvalue weighted by molar-refractivity contribution is 7.19. The molecule has 0 spiro atoms. The maximum Gasteiger partial charge on any atom is 0.414 e. The fraction of sp³-hybridized carbons (Fsp3) is 0.643. The largest absolute Gasteiger partial charge is 0.447 e. The highest BCUT2D eigenvalue weighted by Gasteiger charge is 2.47. The van der Waals surface area contributed by atoms with Crippen molar-refractivity contribution in [2.45, 2.75) is 129 Å². The van der Waals surface area contributed by atoms with Crippen LogP contribution in [0.15, 0.2) is 29.3 Å². The van der Waals surface area contributed by atoms with Gasteiger partial charge < -0.3 is 24.3 Å². The van der Waals surface area contributed by atoms with E-state index in [1.165, 1.54) is 16.7 Å². The summed E-state index contributed by atoms with van der Waals surface area (Å²) in [6, 6.07) is 9.78. The maximum absolute atomic E-state index is 14.2. The molecule has 4 aliphatic heterocycles. The van der Waals surface area contributed by atoms with Crippen LogP contribution in [0.25, 0.3) is 21.5 Å². The standard InChI is InChI=1S/C42H59N5O4S/c1-25(2)51-41(49)45-40(46-16-12-29(13-17-46)30-14-18-50-19-15-30)43-24-28(5)36-34-23-35(42(6,7)39(48)47-32-8-9-33(47)11-10-32)52-38(34)44-37(36)31-21-26(3)20-27(4)22-31/h20-23,25,28-30,32-33,44H,8-19,24H2,1-7H3,(H,43,45,49)/t28-,32?,33?/m1/s1. The number of carbonyl (C=O) groups excluding carboxylic acids is 2. The minimum atomic E-state index is -0.612. The number of guanidine groups is 1. The maximum atomic E-state index is 14.2. The summed E-state index contributed by atoms with van der Waals surface area (Å²) in [6.07, 6.45) is 8.32. The molecule has 4 saturated heterocycles. The number of carbonyl (C=O) groups is 2. The molecule has 9 nitrogen and oxygen atoms in total. The lowest BCUT2D eigenvalue weighted by Crippen LogP contribution is -2.49. The number of nitrogens with one attached hydrogen (secondary N) is 2. The number of alkyl carbamates (subject to hydrolysis) is 1. The van der Waals surface area contributed by atoms with E-state index in [1.807, 2.05) is 13.8 Å². The average molecular weight is 730 g/mol. The van der Waals surface area contributed by atoms with Gasteiger partial charge in [0.1, 0.15) is 4.83 Å². The molecule has 1 atom stereocenters. The highest BCUT2D eigenvalue weighted by Crippen LogP contribution is 2.46. The van der Waals surface area contributed by atoms with E-state index in [9.17, 15) is 9.59 Å². The lowest BCUT2D eigenvalue weighted by atomic mass is 9.80. The van der Waals surface area contributed by atoms with Gasteiger partial charge in [0, 0.05) is 61.1 Å². The molecule has 6 heterocycles. The number of aromatic nitrogens is 1. The molecule has 0 unspecified atom stereocenters. The molecule has 7 rings (SSSR count). The zero-order valence-electron chi connectivity index (χ0n) is 32.3. The molecular weight excluding hydrogens is 671 g/mol. The molecule has 282 valence electrons. The van der Waals surface area contributed by atoms with Crippen LogP contribution < -0.4 is 5.32 Å². The van der Waals surface area contributed by atoms with Gasteiger partial charge in [-0.15, -0.1) is 11.3 Å². The van der Waals surface area contributed by atoms with Crippen LogP contribution in [-0.2, 0) is 19.7 Å². The summed E-state index contributed by atoms with van der Waals surface area (Å²) < 4.78 is 11.2. The van der Waals surface area contributed by atoms with Gasteiger partial charge in [-0.1, -0.05) is 24.1 Å². The van der Waals surface area contributed by atoms with E-state index in [0.29, 0.717) is 30.5 Å². The Balaban J connectivity index is 1.19. The number of likely N-dealkylation sites (tertiary alicyclic amines) is 1. The molecule has 4 fully saturated rings. The SMILES string of the molecule is Cc1cc(C)cc(-c2[nH]c3sc(C(C)(C)C(=O)N4C5CCC4CC5)cc3c2[C@H](C)CN=C(NC(=O)OC(C)C)N2CCC(C3CCOCC3)CC2)c1. The Morgan fingerprint density at radius 2 is 1.56 bits per heavy atom. The van der Waals surface area contributed by atoms with Gasteiger partial charge >= 0.3 is 6.09 Å². The Morgan fingerprint density at radius 3 is 2.17 bits per heavy atom. The number of nitrogens with zero attached hydrogens (tertiary/aromatic N) is 3. The summed E-state index contributed by atoms with van der Waals surface area (Å²) in [6.45, 7) is 18.4. The number of aromatic amines is 1. The van der Waals surface area contributed by atoms with Crippen molar-refractivity contribution in [2.24, 2.45) is 16.8 Å². The predicted octanol–water partition coefficient (Wildman–Crippen LogP) is 8.68. The van der Waals surface area contributed by atoms with Crippen molar-refractivity contribution < 1.29 is 19.1 Å². The number of piperidine rings is 1. The monoisotopic (exact) mass is 729 g/mol. The number of hydrogen-bond acceptors (Lipinski definition) is 6. The zero-order chi connectivity index (χ0) is 36.7. The molecule has 3 aromatic rings. The Labute approximate surface area is 313 Å². The first-order chi connectivity index (χ1) is 24.9. The molecule has 0 aliphatic carbocycles. The van der Waals surface area contributed by atoms with E-state index >= 15 is 0 Å². The Bertz CT molecular complexity index is 1750. The van der Waals surface area contributed by atoms with Crippen molar-refractivity contribution in [3.05, 3.63) is 45.8 Å². The number of benzene rings is 1. The molecule has 0 saturated carbocycles. The van der Waals surface area contributed by atoms with Gasteiger partial charge in [0.2, 0.25) is 11.9 Å². The third-order valence-corrected chi connectivity index (χ3v) is 13.6. The summed E-state index contributed by atoms with van der Waals surface area (Å²) in [4.78, 5) is 42.8. The van der Waals surface area contributed by atoms with Crippen LogP contribution in [0.3, 0.4) is 0 Å². The van der Waals surface area contributed by atoms with Gasteiger partial charge in [0.25, 0.3) is 0 Å². The lowest BCUT2D eigenvalue weighted by molar-refractivity contribution is -0.137. The molecule has 1 aromatic carbocycles. The van der Waals surface area contributed by atoms with Crippen LogP contribution in [0.1, 0.15) is 113 Å². The first-order valence-electron chi connectivity index (χ1n) is 19.8. The number of thiophene rings is 1. The van der Waals surface area contributed by atoms with Gasteiger partial charge in [-0.05, 0) is 134 Å². The molecule has 4 aliphatic rings. The minimum Gasteiger partial charge on any atom is -0.447 e. The lowest BCUT2D eigenvalue weighted by Gasteiger charge is -2.38. The van der Waals surface area contributed by atoms with Gasteiger partial charge in [-0.2, -0.15) is 0 Å². The van der Waals surface area contributed by atoms with E-state index in [0.717, 1.165) is 110 Å². The summed E-state index contributed by atoms with van der Waals surface area (Å²) >= 11 is 1.71. The van der Waals surface area contributed by atoms with Crippen LogP contribution in [0, 0.1) is 25.7 Å². The first-order valence-corrected chi connectivity index (χ1v) is 20.6. The number of H-pyrrole nitrogens is 1. The second-order valence-corrected chi connectivity index (χ2v) is 17.9. The first kappa shape index (κ1) is 37.0. The molecule has 2 bridgehead atoms. The number of rotatable bonds is 8. The van der Waals surface area contributed by atoms with Crippen LogP contribution >= 0.6 is 11.3 Å². The summed E-state index contributed by atoms with van der Waals surface area (Å²) in [7, 11) is 0. The van der Waals surface area contributed by atoms with Crippen molar-refractivity contribution >= 4 is 39.5 Å². The number of amides is 2. The molecule has 10 heteroatoms. The van der Waals surface area contributed by atoms with Gasteiger partial charge in [-0.3, -0.25) is 15.1 Å². The molecule has 2 aromatic heterocycles. The van der Waals surface area contributed by atoms with Crippen LogP contribution in [0.5, 0.6) is 0 Å². The predicted molar refractivity (Wildman–Crippen MR) is 210 cm³/mol. The third kappa shape index (κ3) is 7.52. The van der Waals surface area contributed by atoms with E-state index in [1.54, 1.807) is 11.3 Å². The van der Waals surface area contributed by atoms with Crippen LogP contribution in [0.4, 0.5) is 4.79 Å². The quantitative estimate of drug-likeness (QED) is 0.179. The molecule has 52 heavy (non-hydrogen) atoms. The van der Waals surface area contributed by atoms with E-state index in [-0.39, 0.29) is 17.9 Å². The number of aliphatic imine (C=N–C) groups is 1. The van der Waals surface area contributed by atoms with Gasteiger partial charge in [0.05, 0.1) is 17.2 Å². The Morgan fingerprint density at radius 1 is 0.942 bits per heavy atom. The number of ether oxygens (including phenoxy) is 2. The molecular formula is C42H59N5O4S. The third-order valence-electron chi connectivity index (χ3n) is 12.2. The topological polar surface area (TPSA) is 99.3 Å². The fourth-order valence-electron chi connectivity index (χ4n) is 9.48. The number of hydrogen-bond donors (Lipinski definition) is 2. The second kappa shape index (κ2) is 15.2. The van der Waals surface area contributed by atoms with Crippen molar-refractivity contribution in [1.29, 1.82) is 0 Å². The van der Waals surface area contributed by atoms with Crippen LogP contribution in [-0.4, -0.2) is 83.8 Å². The second-order valence-electron chi connectivity index (χ2n) is 16.9. The van der Waals surface area contributed by atoms with Crippen molar-refractivity contribution in [3.63, 3.8) is 0 Å². The van der Waals surface area contributed by atoms with E-state index in [2.05, 4.69) is 79.0 Å². The minimum absolute atomic E-state index is 0.0259. The van der Waals surface area contributed by atoms with Gasteiger partial charge in [-0.25, -0.2) is 4.79 Å². The zero-order valence-corrected chi connectivity index (χ0v) is 33.2. The summed E-state index contributed by atoms with van der Waals surface area (Å²) in [5, 5.41) is 4.19.